The van der Waals surface area contributed by atoms with Gasteiger partial charge in [0.25, 0.3) is 0 Å². The van der Waals surface area contributed by atoms with Gasteiger partial charge in [-0.2, -0.15) is 0 Å². The Labute approximate surface area is 96.4 Å². The van der Waals surface area contributed by atoms with Gasteiger partial charge in [0, 0.05) is 18.3 Å². The molecule has 0 aliphatic heterocycles. The molecule has 1 aromatic carbocycles. The van der Waals surface area contributed by atoms with E-state index in [2.05, 4.69) is 5.32 Å². The molecule has 0 spiro atoms. The minimum atomic E-state index is -0.358. The summed E-state index contributed by atoms with van der Waals surface area (Å²) in [5.41, 5.74) is 7.20. The smallest absolute Gasteiger partial charge is 0.143 e. The standard InChI is InChI=1S/C12H20N2O2/c1-8(2)11(15)7-14-9-4-5-10(13)12(6-9)16-3/h4-6,8,11,14-15H,7,13H2,1-3H3. The fourth-order valence-corrected chi connectivity index (χ4v) is 1.28. The molecular weight excluding hydrogens is 204 g/mol. The quantitative estimate of drug-likeness (QED) is 0.666. The number of aliphatic hydroxyl groups is 1. The summed E-state index contributed by atoms with van der Waals surface area (Å²) in [6, 6.07) is 5.47. The van der Waals surface area contributed by atoms with E-state index in [1.165, 1.54) is 0 Å². The molecule has 4 heteroatoms. The van der Waals surface area contributed by atoms with Crippen LogP contribution in [0.2, 0.25) is 0 Å². The molecule has 0 heterocycles. The fourth-order valence-electron chi connectivity index (χ4n) is 1.28. The first-order chi connectivity index (χ1) is 7.54. The van der Waals surface area contributed by atoms with Crippen molar-refractivity contribution < 1.29 is 9.84 Å². The van der Waals surface area contributed by atoms with Crippen LogP contribution in [0.3, 0.4) is 0 Å². The first-order valence-corrected chi connectivity index (χ1v) is 5.40. The Balaban J connectivity index is 2.61. The second-order valence-electron chi connectivity index (χ2n) is 4.15. The minimum Gasteiger partial charge on any atom is -0.495 e. The Hall–Kier alpha value is -1.42. The van der Waals surface area contributed by atoms with Gasteiger partial charge in [0.2, 0.25) is 0 Å². The third-order valence-corrected chi connectivity index (χ3v) is 2.52. The average molecular weight is 224 g/mol. The van der Waals surface area contributed by atoms with Crippen molar-refractivity contribution >= 4 is 11.4 Å². The van der Waals surface area contributed by atoms with Gasteiger partial charge >= 0.3 is 0 Å². The maximum absolute atomic E-state index is 9.65. The van der Waals surface area contributed by atoms with E-state index in [9.17, 15) is 5.11 Å². The molecule has 0 amide bonds. The molecule has 0 fully saturated rings. The summed E-state index contributed by atoms with van der Waals surface area (Å²) in [6.07, 6.45) is -0.358. The Morgan fingerprint density at radius 3 is 2.69 bits per heavy atom. The number of hydrogen-bond acceptors (Lipinski definition) is 4. The number of ether oxygens (including phenoxy) is 1. The molecule has 0 bridgehead atoms. The van der Waals surface area contributed by atoms with Crippen LogP contribution in [0.25, 0.3) is 0 Å². The molecular formula is C12H20N2O2. The molecule has 0 saturated carbocycles. The summed E-state index contributed by atoms with van der Waals surface area (Å²) in [6.45, 7) is 4.48. The van der Waals surface area contributed by atoms with E-state index in [1.807, 2.05) is 26.0 Å². The van der Waals surface area contributed by atoms with Gasteiger partial charge in [0.1, 0.15) is 5.75 Å². The normalized spacial score (nSPS) is 12.6. The van der Waals surface area contributed by atoms with E-state index in [0.29, 0.717) is 18.0 Å². The van der Waals surface area contributed by atoms with Crippen LogP contribution in [0.4, 0.5) is 11.4 Å². The first kappa shape index (κ1) is 12.6. The summed E-state index contributed by atoms with van der Waals surface area (Å²) in [4.78, 5) is 0. The largest absolute Gasteiger partial charge is 0.495 e. The van der Waals surface area contributed by atoms with Gasteiger partial charge in [0.15, 0.2) is 0 Å². The second-order valence-corrected chi connectivity index (χ2v) is 4.15. The monoisotopic (exact) mass is 224 g/mol. The molecule has 90 valence electrons. The lowest BCUT2D eigenvalue weighted by Gasteiger charge is -2.16. The van der Waals surface area contributed by atoms with Gasteiger partial charge < -0.3 is 20.9 Å². The second kappa shape index (κ2) is 5.61. The maximum Gasteiger partial charge on any atom is 0.143 e. The molecule has 0 radical (unpaired) electrons. The zero-order valence-corrected chi connectivity index (χ0v) is 10.0. The summed E-state index contributed by atoms with van der Waals surface area (Å²) in [5.74, 6) is 0.882. The van der Waals surface area contributed by atoms with Crippen molar-refractivity contribution in [2.45, 2.75) is 20.0 Å². The predicted octanol–water partition coefficient (Wildman–Crippen LogP) is 1.71. The number of rotatable bonds is 5. The van der Waals surface area contributed by atoms with Crippen molar-refractivity contribution in [3.8, 4) is 5.75 Å². The maximum atomic E-state index is 9.65. The lowest BCUT2D eigenvalue weighted by Crippen LogP contribution is -2.24. The number of aliphatic hydroxyl groups excluding tert-OH is 1. The van der Waals surface area contributed by atoms with Crippen LogP contribution >= 0.6 is 0 Å². The Kier molecular flexibility index (Phi) is 4.43. The fraction of sp³-hybridized carbons (Fsp3) is 0.500. The van der Waals surface area contributed by atoms with Crippen LogP contribution in [-0.2, 0) is 0 Å². The van der Waals surface area contributed by atoms with Crippen molar-refractivity contribution in [1.29, 1.82) is 0 Å². The zero-order chi connectivity index (χ0) is 12.1. The average Bonchev–Trinajstić information content (AvgIpc) is 2.27. The SMILES string of the molecule is COc1cc(NCC(O)C(C)C)ccc1N. The number of hydrogen-bond donors (Lipinski definition) is 3. The number of methoxy groups -OCH3 is 1. The van der Waals surface area contributed by atoms with Crippen LogP contribution < -0.4 is 15.8 Å². The van der Waals surface area contributed by atoms with E-state index < -0.39 is 0 Å². The van der Waals surface area contributed by atoms with E-state index in [4.69, 9.17) is 10.5 Å². The van der Waals surface area contributed by atoms with Crippen molar-refractivity contribution in [2.24, 2.45) is 5.92 Å². The zero-order valence-electron chi connectivity index (χ0n) is 10.0. The molecule has 0 saturated heterocycles. The number of benzene rings is 1. The first-order valence-electron chi connectivity index (χ1n) is 5.40. The van der Waals surface area contributed by atoms with Crippen molar-refractivity contribution in [3.63, 3.8) is 0 Å². The molecule has 0 aliphatic rings. The highest BCUT2D eigenvalue weighted by atomic mass is 16.5. The van der Waals surface area contributed by atoms with E-state index in [0.717, 1.165) is 5.69 Å². The van der Waals surface area contributed by atoms with Crippen molar-refractivity contribution in [1.82, 2.24) is 0 Å². The number of nitrogens with one attached hydrogen (secondary N) is 1. The lowest BCUT2D eigenvalue weighted by molar-refractivity contribution is 0.138. The van der Waals surface area contributed by atoms with Crippen LogP contribution in [0.15, 0.2) is 18.2 Å². The van der Waals surface area contributed by atoms with E-state index >= 15 is 0 Å². The molecule has 4 N–H and O–H groups in total. The molecule has 1 aromatic rings. The molecule has 0 aromatic heterocycles. The Morgan fingerprint density at radius 1 is 1.44 bits per heavy atom. The third-order valence-electron chi connectivity index (χ3n) is 2.52. The van der Waals surface area contributed by atoms with Gasteiger partial charge in [-0.15, -0.1) is 0 Å². The van der Waals surface area contributed by atoms with Gasteiger partial charge in [0.05, 0.1) is 18.9 Å². The highest BCUT2D eigenvalue weighted by Gasteiger charge is 2.08. The van der Waals surface area contributed by atoms with Crippen LogP contribution in [0.5, 0.6) is 5.75 Å². The highest BCUT2D eigenvalue weighted by molar-refractivity contribution is 5.61. The Morgan fingerprint density at radius 2 is 2.12 bits per heavy atom. The minimum absolute atomic E-state index is 0.239. The van der Waals surface area contributed by atoms with Crippen LogP contribution in [0.1, 0.15) is 13.8 Å². The molecule has 4 nitrogen and oxygen atoms in total. The van der Waals surface area contributed by atoms with Crippen molar-refractivity contribution in [2.75, 3.05) is 24.7 Å². The van der Waals surface area contributed by atoms with E-state index in [-0.39, 0.29) is 12.0 Å². The Bertz CT molecular complexity index is 340. The van der Waals surface area contributed by atoms with Gasteiger partial charge in [-0.3, -0.25) is 0 Å². The topological polar surface area (TPSA) is 67.5 Å². The summed E-state index contributed by atoms with van der Waals surface area (Å²) >= 11 is 0. The molecule has 1 unspecified atom stereocenters. The van der Waals surface area contributed by atoms with Crippen molar-refractivity contribution in [3.05, 3.63) is 18.2 Å². The van der Waals surface area contributed by atoms with Gasteiger partial charge in [-0.05, 0) is 18.1 Å². The summed E-state index contributed by atoms with van der Waals surface area (Å²) in [7, 11) is 1.58. The van der Waals surface area contributed by atoms with E-state index in [1.54, 1.807) is 13.2 Å². The lowest BCUT2D eigenvalue weighted by atomic mass is 10.1. The van der Waals surface area contributed by atoms with Crippen LogP contribution in [-0.4, -0.2) is 24.9 Å². The van der Waals surface area contributed by atoms with Crippen LogP contribution in [0, 0.1) is 5.92 Å². The molecule has 0 aliphatic carbocycles. The van der Waals surface area contributed by atoms with Gasteiger partial charge in [-0.25, -0.2) is 0 Å². The predicted molar refractivity (Wildman–Crippen MR) is 66.7 cm³/mol. The molecule has 16 heavy (non-hydrogen) atoms. The summed E-state index contributed by atoms with van der Waals surface area (Å²) in [5, 5.41) is 12.8. The third kappa shape index (κ3) is 3.31. The number of nitrogen functional groups attached to an aromatic ring is 1. The number of nitrogens with two attached hydrogens (primary N) is 1. The molecule has 1 atom stereocenters. The number of anilines is 2. The highest BCUT2D eigenvalue weighted by Crippen LogP contribution is 2.24. The summed E-state index contributed by atoms with van der Waals surface area (Å²) < 4.78 is 5.11. The molecule has 1 rings (SSSR count). The van der Waals surface area contributed by atoms with Gasteiger partial charge in [-0.1, -0.05) is 13.8 Å².